The minimum absolute atomic E-state index is 0.213. The highest BCUT2D eigenvalue weighted by atomic mass is 19.4. The van der Waals surface area contributed by atoms with Gasteiger partial charge >= 0.3 is 6.36 Å². The number of nitrogens with zero attached hydrogens (tertiary/aromatic N) is 2. The van der Waals surface area contributed by atoms with Gasteiger partial charge in [0.15, 0.2) is 0 Å². The maximum absolute atomic E-state index is 12.1. The van der Waals surface area contributed by atoms with Crippen LogP contribution in [0.4, 0.5) is 13.2 Å². The fourth-order valence-electron chi connectivity index (χ4n) is 1.74. The number of aromatic nitrogens is 2. The molecular formula is C13H14F3N3O. The Bertz CT molecular complexity index is 566. The molecule has 0 unspecified atom stereocenters. The molecule has 0 amide bonds. The highest BCUT2D eigenvalue weighted by Gasteiger charge is 2.31. The van der Waals surface area contributed by atoms with Crippen molar-refractivity contribution in [2.45, 2.75) is 19.5 Å². The van der Waals surface area contributed by atoms with Gasteiger partial charge < -0.3 is 10.1 Å². The van der Waals surface area contributed by atoms with E-state index in [4.69, 9.17) is 0 Å². The van der Waals surface area contributed by atoms with Crippen molar-refractivity contribution in [3.8, 4) is 5.75 Å². The van der Waals surface area contributed by atoms with E-state index in [0.717, 1.165) is 5.69 Å². The number of aryl methyl sites for hydroxylation is 1. The maximum atomic E-state index is 12.1. The zero-order chi connectivity index (χ0) is 14.6. The lowest BCUT2D eigenvalue weighted by molar-refractivity contribution is -0.274. The summed E-state index contributed by atoms with van der Waals surface area (Å²) >= 11 is 0. The van der Waals surface area contributed by atoms with E-state index in [9.17, 15) is 13.2 Å². The topological polar surface area (TPSA) is 39.1 Å². The van der Waals surface area contributed by atoms with Gasteiger partial charge in [0.25, 0.3) is 0 Å². The Labute approximate surface area is 114 Å². The van der Waals surface area contributed by atoms with Crippen molar-refractivity contribution in [3.05, 3.63) is 47.8 Å². The Balaban J connectivity index is 1.88. The number of hydrogen-bond donors (Lipinski definition) is 1. The molecule has 0 saturated heterocycles. The van der Waals surface area contributed by atoms with Gasteiger partial charge in [-0.1, -0.05) is 12.1 Å². The molecule has 1 heterocycles. The summed E-state index contributed by atoms with van der Waals surface area (Å²) < 4.78 is 41.9. The monoisotopic (exact) mass is 285 g/mol. The van der Waals surface area contributed by atoms with Gasteiger partial charge in [0.05, 0.1) is 5.69 Å². The molecule has 0 aliphatic rings. The van der Waals surface area contributed by atoms with Crippen LogP contribution in [0.3, 0.4) is 0 Å². The highest BCUT2D eigenvalue weighted by Crippen LogP contribution is 2.23. The Morgan fingerprint density at radius 3 is 2.70 bits per heavy atom. The van der Waals surface area contributed by atoms with Crippen molar-refractivity contribution in [2.24, 2.45) is 7.05 Å². The molecule has 0 saturated carbocycles. The fraction of sp³-hybridized carbons (Fsp3) is 0.308. The van der Waals surface area contributed by atoms with Gasteiger partial charge in [-0.15, -0.1) is 13.2 Å². The molecular weight excluding hydrogens is 271 g/mol. The van der Waals surface area contributed by atoms with Crippen molar-refractivity contribution in [3.63, 3.8) is 0 Å². The average Bonchev–Trinajstić information content (AvgIpc) is 2.73. The molecule has 0 radical (unpaired) electrons. The number of hydrogen-bond acceptors (Lipinski definition) is 3. The standard InChI is InChI=1S/C13H14F3N3O/c1-19-6-5-11(18-19)9-17-8-10-3-2-4-12(7-10)20-13(14,15)16/h2-7,17H,8-9H2,1H3. The van der Waals surface area contributed by atoms with Crippen molar-refractivity contribution in [1.29, 1.82) is 0 Å². The van der Waals surface area contributed by atoms with Gasteiger partial charge in [-0.25, -0.2) is 0 Å². The number of benzene rings is 1. The summed E-state index contributed by atoms with van der Waals surface area (Å²) in [5.74, 6) is -0.213. The SMILES string of the molecule is Cn1ccc(CNCc2cccc(OC(F)(F)F)c2)n1. The third kappa shape index (κ3) is 4.58. The summed E-state index contributed by atoms with van der Waals surface area (Å²) in [6, 6.07) is 7.76. The predicted octanol–water partition coefficient (Wildman–Crippen LogP) is 2.61. The van der Waals surface area contributed by atoms with Gasteiger partial charge in [-0.05, 0) is 23.8 Å². The second-order valence-electron chi connectivity index (χ2n) is 4.28. The molecule has 1 aromatic heterocycles. The molecule has 20 heavy (non-hydrogen) atoms. The molecule has 0 bridgehead atoms. The van der Waals surface area contributed by atoms with Crippen molar-refractivity contribution < 1.29 is 17.9 Å². The van der Waals surface area contributed by atoms with Crippen LogP contribution < -0.4 is 10.1 Å². The van der Waals surface area contributed by atoms with E-state index in [2.05, 4.69) is 15.2 Å². The zero-order valence-electron chi connectivity index (χ0n) is 10.8. The second kappa shape index (κ2) is 5.96. The van der Waals surface area contributed by atoms with Gasteiger partial charge in [0.1, 0.15) is 5.75 Å². The van der Waals surface area contributed by atoms with Crippen LogP contribution in [-0.4, -0.2) is 16.1 Å². The van der Waals surface area contributed by atoms with Crippen LogP contribution in [0.1, 0.15) is 11.3 Å². The predicted molar refractivity (Wildman–Crippen MR) is 66.9 cm³/mol. The average molecular weight is 285 g/mol. The summed E-state index contributed by atoms with van der Waals surface area (Å²) in [4.78, 5) is 0. The lowest BCUT2D eigenvalue weighted by Crippen LogP contribution is -2.17. The minimum atomic E-state index is -4.67. The first kappa shape index (κ1) is 14.4. The third-order valence-electron chi connectivity index (χ3n) is 2.54. The molecule has 0 fully saturated rings. The van der Waals surface area contributed by atoms with E-state index >= 15 is 0 Å². The van der Waals surface area contributed by atoms with E-state index in [1.807, 2.05) is 19.3 Å². The maximum Gasteiger partial charge on any atom is 0.573 e. The number of alkyl halides is 3. The zero-order valence-corrected chi connectivity index (χ0v) is 10.8. The lowest BCUT2D eigenvalue weighted by Gasteiger charge is -2.10. The fourth-order valence-corrected chi connectivity index (χ4v) is 1.74. The smallest absolute Gasteiger partial charge is 0.406 e. The van der Waals surface area contributed by atoms with Gasteiger partial charge in [-0.2, -0.15) is 5.10 Å². The summed E-state index contributed by atoms with van der Waals surface area (Å²) in [6.45, 7) is 0.983. The summed E-state index contributed by atoms with van der Waals surface area (Å²) in [7, 11) is 1.82. The Morgan fingerprint density at radius 2 is 2.05 bits per heavy atom. The van der Waals surface area contributed by atoms with Crippen LogP contribution in [0, 0.1) is 0 Å². The van der Waals surface area contributed by atoms with Crippen LogP contribution in [-0.2, 0) is 20.1 Å². The van der Waals surface area contributed by atoms with Crippen molar-refractivity contribution >= 4 is 0 Å². The normalized spacial score (nSPS) is 11.6. The molecule has 4 nitrogen and oxygen atoms in total. The molecule has 7 heteroatoms. The van der Waals surface area contributed by atoms with E-state index < -0.39 is 6.36 Å². The molecule has 0 aliphatic carbocycles. The quantitative estimate of drug-likeness (QED) is 0.918. The van der Waals surface area contributed by atoms with Crippen molar-refractivity contribution in [2.75, 3.05) is 0 Å². The van der Waals surface area contributed by atoms with E-state index in [1.54, 1.807) is 10.7 Å². The molecule has 1 aromatic carbocycles. The third-order valence-corrected chi connectivity index (χ3v) is 2.54. The largest absolute Gasteiger partial charge is 0.573 e. The first-order valence-electron chi connectivity index (χ1n) is 5.96. The molecule has 0 aliphatic heterocycles. The molecule has 108 valence electrons. The van der Waals surface area contributed by atoms with Gasteiger partial charge in [-0.3, -0.25) is 4.68 Å². The first-order valence-corrected chi connectivity index (χ1v) is 5.96. The Morgan fingerprint density at radius 1 is 1.25 bits per heavy atom. The molecule has 0 atom stereocenters. The van der Waals surface area contributed by atoms with Crippen LogP contribution in [0.25, 0.3) is 0 Å². The van der Waals surface area contributed by atoms with Crippen molar-refractivity contribution in [1.82, 2.24) is 15.1 Å². The summed E-state index contributed by atoms with van der Waals surface area (Å²) in [6.07, 6.45) is -2.84. The van der Waals surface area contributed by atoms with Gasteiger partial charge in [0, 0.05) is 26.3 Å². The van der Waals surface area contributed by atoms with E-state index in [1.165, 1.54) is 18.2 Å². The Hall–Kier alpha value is -2.02. The number of halogens is 3. The van der Waals surface area contributed by atoms with Crippen LogP contribution >= 0.6 is 0 Å². The van der Waals surface area contributed by atoms with Crippen LogP contribution in [0.5, 0.6) is 5.75 Å². The van der Waals surface area contributed by atoms with E-state index in [-0.39, 0.29) is 5.75 Å². The number of nitrogens with one attached hydrogen (secondary N) is 1. The number of rotatable bonds is 5. The van der Waals surface area contributed by atoms with Gasteiger partial charge in [0.2, 0.25) is 0 Å². The molecule has 1 N–H and O–H groups in total. The van der Waals surface area contributed by atoms with Crippen LogP contribution in [0.15, 0.2) is 36.5 Å². The minimum Gasteiger partial charge on any atom is -0.406 e. The van der Waals surface area contributed by atoms with Crippen LogP contribution in [0.2, 0.25) is 0 Å². The molecule has 2 rings (SSSR count). The first-order chi connectivity index (χ1) is 9.42. The lowest BCUT2D eigenvalue weighted by atomic mass is 10.2. The highest BCUT2D eigenvalue weighted by molar-refractivity contribution is 5.28. The molecule has 2 aromatic rings. The summed E-state index contributed by atoms with van der Waals surface area (Å²) in [5, 5.41) is 7.30. The Kier molecular flexibility index (Phi) is 4.29. The molecule has 0 spiro atoms. The second-order valence-corrected chi connectivity index (χ2v) is 4.28. The van der Waals surface area contributed by atoms with E-state index in [0.29, 0.717) is 18.7 Å². The summed E-state index contributed by atoms with van der Waals surface area (Å²) in [5.41, 5.74) is 1.58. The number of ether oxygens (including phenoxy) is 1.